The number of rotatable bonds is 3. The maximum atomic E-state index is 12.7. The van der Waals surface area contributed by atoms with E-state index in [1.54, 1.807) is 0 Å². The number of halogens is 1. The molecule has 0 spiro atoms. The van der Waals surface area contributed by atoms with Crippen molar-refractivity contribution >= 4 is 21.4 Å². The molecule has 0 aliphatic heterocycles. The Labute approximate surface area is 81.0 Å². The van der Waals surface area contributed by atoms with E-state index in [1.165, 1.54) is 12.1 Å². The van der Waals surface area contributed by atoms with Crippen LogP contribution in [0.1, 0.15) is 0 Å². The van der Waals surface area contributed by atoms with Crippen LogP contribution in [0.15, 0.2) is 18.2 Å². The smallest absolute Gasteiger partial charge is 0.245 e. The van der Waals surface area contributed by atoms with Gasteiger partial charge in [-0.1, -0.05) is 0 Å². The van der Waals surface area contributed by atoms with Crippen molar-refractivity contribution in [3.05, 3.63) is 24.0 Å². The van der Waals surface area contributed by atoms with E-state index in [2.05, 4.69) is 4.72 Å². The number of nitrogens with one attached hydrogen (secondary N) is 1. The van der Waals surface area contributed by atoms with Crippen molar-refractivity contribution in [3.8, 4) is 0 Å². The first-order chi connectivity index (χ1) is 6.44. The summed E-state index contributed by atoms with van der Waals surface area (Å²) in [4.78, 5) is 0. The van der Waals surface area contributed by atoms with Crippen LogP contribution in [-0.2, 0) is 10.0 Å². The predicted octanol–water partition coefficient (Wildman–Crippen LogP) is 0.0658. The van der Waals surface area contributed by atoms with Gasteiger partial charge in [0.15, 0.2) is 0 Å². The minimum Gasteiger partial charge on any atom is -0.396 e. The molecule has 0 amide bonds. The van der Waals surface area contributed by atoms with Crippen LogP contribution in [0.25, 0.3) is 0 Å². The van der Waals surface area contributed by atoms with E-state index in [4.69, 9.17) is 11.5 Å². The van der Waals surface area contributed by atoms with E-state index >= 15 is 0 Å². The third kappa shape index (κ3) is 2.57. The summed E-state index contributed by atoms with van der Waals surface area (Å²) < 4.78 is 36.8. The highest BCUT2D eigenvalue weighted by Crippen LogP contribution is 2.16. The summed E-state index contributed by atoms with van der Waals surface area (Å²) in [6.07, 6.45) is 0. The first kappa shape index (κ1) is 10.7. The summed E-state index contributed by atoms with van der Waals surface area (Å²) in [5.41, 5.74) is 10.3. The second kappa shape index (κ2) is 3.81. The van der Waals surface area contributed by atoms with Crippen molar-refractivity contribution in [1.82, 2.24) is 0 Å². The van der Waals surface area contributed by atoms with Gasteiger partial charge in [0.05, 0.1) is 11.4 Å². The van der Waals surface area contributed by atoms with Crippen LogP contribution < -0.4 is 16.2 Å². The number of sulfonamides is 1. The van der Waals surface area contributed by atoms with Crippen molar-refractivity contribution < 1.29 is 12.8 Å². The topological polar surface area (TPSA) is 98.2 Å². The Morgan fingerprint density at radius 1 is 1.43 bits per heavy atom. The van der Waals surface area contributed by atoms with Gasteiger partial charge in [0.1, 0.15) is 11.7 Å². The van der Waals surface area contributed by atoms with Gasteiger partial charge in [0, 0.05) is 0 Å². The Morgan fingerprint density at radius 2 is 2.07 bits per heavy atom. The number of benzene rings is 1. The monoisotopic (exact) mass is 219 g/mol. The summed E-state index contributed by atoms with van der Waals surface area (Å²) in [6.45, 7) is 0. The third-order valence-electron chi connectivity index (χ3n) is 1.49. The maximum absolute atomic E-state index is 12.7. The molecule has 1 aromatic carbocycles. The van der Waals surface area contributed by atoms with Crippen LogP contribution in [0.5, 0.6) is 0 Å². The molecule has 0 aliphatic rings. The van der Waals surface area contributed by atoms with Crippen LogP contribution in [0.3, 0.4) is 0 Å². The number of hydrogen-bond acceptors (Lipinski definition) is 4. The molecule has 7 heteroatoms. The van der Waals surface area contributed by atoms with Gasteiger partial charge in [-0.05, 0) is 18.2 Å². The van der Waals surface area contributed by atoms with Crippen molar-refractivity contribution in [2.24, 2.45) is 5.73 Å². The van der Waals surface area contributed by atoms with E-state index in [9.17, 15) is 12.8 Å². The second-order valence-corrected chi connectivity index (χ2v) is 4.39. The molecular formula is C7H10FN3O2S. The largest absolute Gasteiger partial charge is 0.396 e. The van der Waals surface area contributed by atoms with E-state index in [1.807, 2.05) is 0 Å². The fourth-order valence-corrected chi connectivity index (χ4v) is 1.40. The molecule has 0 fully saturated rings. The van der Waals surface area contributed by atoms with Crippen molar-refractivity contribution in [2.45, 2.75) is 0 Å². The van der Waals surface area contributed by atoms with Crippen LogP contribution in [0.2, 0.25) is 0 Å². The summed E-state index contributed by atoms with van der Waals surface area (Å²) in [5, 5.41) is 0. The summed E-state index contributed by atoms with van der Waals surface area (Å²) in [5.74, 6) is -1.13. The minimum atomic E-state index is -3.55. The highest BCUT2D eigenvalue weighted by molar-refractivity contribution is 7.92. The Morgan fingerprint density at radius 3 is 2.57 bits per heavy atom. The van der Waals surface area contributed by atoms with E-state index in [0.717, 1.165) is 6.07 Å². The number of hydrogen-bond donors (Lipinski definition) is 3. The minimum absolute atomic E-state index is 0.123. The Kier molecular flexibility index (Phi) is 2.92. The molecule has 5 nitrogen and oxygen atoms in total. The van der Waals surface area contributed by atoms with Crippen LogP contribution in [0, 0.1) is 5.82 Å². The van der Waals surface area contributed by atoms with Gasteiger partial charge >= 0.3 is 0 Å². The molecule has 1 rings (SSSR count). The molecule has 0 saturated carbocycles. The molecule has 0 saturated heterocycles. The molecule has 0 aromatic heterocycles. The lowest BCUT2D eigenvalue weighted by Crippen LogP contribution is -2.22. The third-order valence-corrected chi connectivity index (χ3v) is 2.47. The summed E-state index contributed by atoms with van der Waals surface area (Å²) in [7, 11) is -3.55. The van der Waals surface area contributed by atoms with E-state index < -0.39 is 21.7 Å². The van der Waals surface area contributed by atoms with Gasteiger partial charge in [-0.15, -0.1) is 0 Å². The van der Waals surface area contributed by atoms with Crippen molar-refractivity contribution in [2.75, 3.05) is 16.3 Å². The predicted molar refractivity (Wildman–Crippen MR) is 52.4 cm³/mol. The van der Waals surface area contributed by atoms with Gasteiger partial charge in [0.2, 0.25) is 10.0 Å². The van der Waals surface area contributed by atoms with Gasteiger partial charge in [-0.25, -0.2) is 12.8 Å². The van der Waals surface area contributed by atoms with Gasteiger partial charge in [-0.3, -0.25) is 4.72 Å². The summed E-state index contributed by atoms with van der Waals surface area (Å²) >= 11 is 0. The molecule has 0 bridgehead atoms. The lowest BCUT2D eigenvalue weighted by molar-refractivity contribution is 0.601. The summed E-state index contributed by atoms with van der Waals surface area (Å²) in [6, 6.07) is 3.52. The Hall–Kier alpha value is -1.34. The quantitative estimate of drug-likeness (QED) is 0.626. The maximum Gasteiger partial charge on any atom is 0.245 e. The normalized spacial score (nSPS) is 11.3. The molecule has 1 aromatic rings. The number of nitrogen functional groups attached to an aromatic ring is 1. The fraction of sp³-hybridized carbons (Fsp3) is 0.143. The molecule has 0 aliphatic carbocycles. The molecule has 0 atom stereocenters. The molecule has 5 N–H and O–H groups in total. The zero-order valence-corrected chi connectivity index (χ0v) is 8.01. The first-order valence-electron chi connectivity index (χ1n) is 3.70. The van der Waals surface area contributed by atoms with Crippen LogP contribution >= 0.6 is 0 Å². The SMILES string of the molecule is NCS(=O)(=O)Nc1ccc(F)c(N)c1. The fourth-order valence-electron chi connectivity index (χ4n) is 0.828. The van der Waals surface area contributed by atoms with Crippen LogP contribution in [0.4, 0.5) is 15.8 Å². The van der Waals surface area contributed by atoms with E-state index in [0.29, 0.717) is 0 Å². The lowest BCUT2D eigenvalue weighted by atomic mass is 10.3. The molecule has 0 radical (unpaired) electrons. The van der Waals surface area contributed by atoms with Gasteiger partial charge in [0.25, 0.3) is 0 Å². The second-order valence-electron chi connectivity index (χ2n) is 2.62. The molecule has 78 valence electrons. The first-order valence-corrected chi connectivity index (χ1v) is 5.35. The van der Waals surface area contributed by atoms with Gasteiger partial charge < -0.3 is 11.5 Å². The number of anilines is 2. The van der Waals surface area contributed by atoms with E-state index in [-0.39, 0.29) is 11.4 Å². The average molecular weight is 219 g/mol. The standard InChI is InChI=1S/C7H10FN3O2S/c8-6-2-1-5(3-7(6)10)11-14(12,13)4-9/h1-3,11H,4,9-10H2. The van der Waals surface area contributed by atoms with Crippen molar-refractivity contribution in [3.63, 3.8) is 0 Å². The van der Waals surface area contributed by atoms with Gasteiger partial charge in [-0.2, -0.15) is 0 Å². The molecular weight excluding hydrogens is 209 g/mol. The highest BCUT2D eigenvalue weighted by Gasteiger charge is 2.07. The average Bonchev–Trinajstić information content (AvgIpc) is 2.11. The molecule has 0 heterocycles. The molecule has 14 heavy (non-hydrogen) atoms. The Balaban J connectivity index is 2.94. The van der Waals surface area contributed by atoms with Crippen LogP contribution in [-0.4, -0.2) is 14.3 Å². The molecule has 0 unspecified atom stereocenters. The highest BCUT2D eigenvalue weighted by atomic mass is 32.2. The number of nitrogens with two attached hydrogens (primary N) is 2. The Bertz CT molecular complexity index is 433. The lowest BCUT2D eigenvalue weighted by Gasteiger charge is -2.06. The van der Waals surface area contributed by atoms with Crippen molar-refractivity contribution in [1.29, 1.82) is 0 Å². The zero-order valence-electron chi connectivity index (χ0n) is 7.20. The zero-order chi connectivity index (χ0) is 10.8.